The van der Waals surface area contributed by atoms with E-state index >= 15 is 0 Å². The molecule has 0 aliphatic carbocycles. The summed E-state index contributed by atoms with van der Waals surface area (Å²) in [6.07, 6.45) is 5.30. The van der Waals surface area contributed by atoms with Crippen LogP contribution in [0.15, 0.2) is 4.99 Å². The van der Waals surface area contributed by atoms with Crippen molar-refractivity contribution in [1.29, 1.82) is 0 Å². The summed E-state index contributed by atoms with van der Waals surface area (Å²) in [5.41, 5.74) is 0. The van der Waals surface area contributed by atoms with Crippen molar-refractivity contribution >= 4 is 5.96 Å². The van der Waals surface area contributed by atoms with Gasteiger partial charge in [-0.25, -0.2) is 0 Å². The fourth-order valence-electron chi connectivity index (χ4n) is 3.95. The molecule has 2 saturated heterocycles. The van der Waals surface area contributed by atoms with E-state index in [0.717, 1.165) is 31.5 Å². The molecule has 2 atom stereocenters. The number of guanidine groups is 1. The lowest BCUT2D eigenvalue weighted by atomic mass is 9.97. The molecular weight excluding hydrogens is 286 g/mol. The van der Waals surface area contributed by atoms with Gasteiger partial charge >= 0.3 is 0 Å². The van der Waals surface area contributed by atoms with Gasteiger partial charge in [-0.15, -0.1) is 0 Å². The lowest BCUT2D eigenvalue weighted by molar-refractivity contribution is 0.141. The van der Waals surface area contributed by atoms with Crippen LogP contribution >= 0.6 is 0 Å². The Hall–Kier alpha value is -0.810. The van der Waals surface area contributed by atoms with Gasteiger partial charge in [0.25, 0.3) is 0 Å². The quantitative estimate of drug-likeness (QED) is 0.577. The van der Waals surface area contributed by atoms with Crippen LogP contribution in [-0.4, -0.2) is 74.2 Å². The van der Waals surface area contributed by atoms with Crippen molar-refractivity contribution in [2.75, 3.05) is 46.3 Å². The molecular formula is C18H37N5. The summed E-state index contributed by atoms with van der Waals surface area (Å²) in [6.45, 7) is 13.8. The third kappa shape index (κ3) is 5.64. The maximum atomic E-state index is 4.40. The zero-order valence-corrected chi connectivity index (χ0v) is 15.6. The van der Waals surface area contributed by atoms with Crippen molar-refractivity contribution < 1.29 is 0 Å². The van der Waals surface area contributed by atoms with E-state index in [0.29, 0.717) is 12.1 Å². The first kappa shape index (κ1) is 18.5. The van der Waals surface area contributed by atoms with Crippen LogP contribution in [0, 0.1) is 5.92 Å². The van der Waals surface area contributed by atoms with Gasteiger partial charge in [0.2, 0.25) is 0 Å². The fraction of sp³-hybridized carbons (Fsp3) is 0.944. The highest BCUT2D eigenvalue weighted by Gasteiger charge is 2.24. The molecule has 5 nitrogen and oxygen atoms in total. The number of hydrogen-bond donors (Lipinski definition) is 2. The van der Waals surface area contributed by atoms with Crippen LogP contribution in [0.3, 0.4) is 0 Å². The molecule has 0 bridgehead atoms. The van der Waals surface area contributed by atoms with Crippen LogP contribution in [0.4, 0.5) is 0 Å². The predicted molar refractivity (Wildman–Crippen MR) is 99.1 cm³/mol. The van der Waals surface area contributed by atoms with Crippen LogP contribution < -0.4 is 10.6 Å². The van der Waals surface area contributed by atoms with Crippen molar-refractivity contribution in [3.05, 3.63) is 0 Å². The molecule has 0 radical (unpaired) electrons. The second-order valence-electron chi connectivity index (χ2n) is 7.36. The number of aliphatic imine (C=N–C) groups is 1. The first-order chi connectivity index (χ1) is 11.1. The molecule has 0 amide bonds. The third-order valence-electron chi connectivity index (χ3n) is 5.47. The maximum absolute atomic E-state index is 4.40. The molecule has 0 aromatic carbocycles. The fourth-order valence-corrected chi connectivity index (χ4v) is 3.95. The first-order valence-corrected chi connectivity index (χ1v) is 9.56. The van der Waals surface area contributed by atoms with E-state index in [1.54, 1.807) is 0 Å². The molecule has 2 unspecified atom stereocenters. The molecule has 5 heteroatoms. The van der Waals surface area contributed by atoms with Gasteiger partial charge in [-0.1, -0.05) is 6.92 Å². The molecule has 0 saturated carbocycles. The minimum absolute atomic E-state index is 0.664. The molecule has 134 valence electrons. The Kier molecular flexibility index (Phi) is 7.63. The Bertz CT molecular complexity index is 368. The van der Waals surface area contributed by atoms with Crippen LogP contribution in [0.25, 0.3) is 0 Å². The highest BCUT2D eigenvalue weighted by Crippen LogP contribution is 2.18. The third-order valence-corrected chi connectivity index (χ3v) is 5.47. The molecule has 2 heterocycles. The molecule has 2 fully saturated rings. The Morgan fingerprint density at radius 2 is 1.87 bits per heavy atom. The second-order valence-corrected chi connectivity index (χ2v) is 7.36. The minimum Gasteiger partial charge on any atom is -0.356 e. The monoisotopic (exact) mass is 323 g/mol. The van der Waals surface area contributed by atoms with Gasteiger partial charge in [0, 0.05) is 38.8 Å². The van der Waals surface area contributed by atoms with E-state index in [1.807, 2.05) is 7.05 Å². The van der Waals surface area contributed by atoms with Crippen molar-refractivity contribution in [2.24, 2.45) is 10.9 Å². The maximum Gasteiger partial charge on any atom is 0.191 e. The molecule has 0 spiro atoms. The summed E-state index contributed by atoms with van der Waals surface area (Å²) in [7, 11) is 1.88. The van der Waals surface area contributed by atoms with Crippen LogP contribution in [0.2, 0.25) is 0 Å². The SMILES string of the molecule is CCN1CCCC1CNC(=NC)NCC1CCCN(C(C)C)C1. The van der Waals surface area contributed by atoms with Gasteiger partial charge in [0.05, 0.1) is 0 Å². The van der Waals surface area contributed by atoms with E-state index in [4.69, 9.17) is 0 Å². The zero-order valence-electron chi connectivity index (χ0n) is 15.6. The Balaban J connectivity index is 1.70. The Morgan fingerprint density at radius 1 is 1.13 bits per heavy atom. The number of rotatable bonds is 6. The smallest absolute Gasteiger partial charge is 0.191 e. The van der Waals surface area contributed by atoms with E-state index in [-0.39, 0.29) is 0 Å². The van der Waals surface area contributed by atoms with Crippen molar-refractivity contribution in [3.8, 4) is 0 Å². The minimum atomic E-state index is 0.664. The second kappa shape index (κ2) is 9.48. The average Bonchev–Trinajstić information content (AvgIpc) is 3.02. The van der Waals surface area contributed by atoms with Crippen molar-refractivity contribution in [1.82, 2.24) is 20.4 Å². The summed E-state index contributed by atoms with van der Waals surface area (Å²) in [4.78, 5) is 9.57. The van der Waals surface area contributed by atoms with Crippen molar-refractivity contribution in [3.63, 3.8) is 0 Å². The normalized spacial score (nSPS) is 27.6. The molecule has 2 aliphatic heterocycles. The van der Waals surface area contributed by atoms with E-state index in [9.17, 15) is 0 Å². The van der Waals surface area contributed by atoms with E-state index in [2.05, 4.69) is 46.2 Å². The van der Waals surface area contributed by atoms with Gasteiger partial charge in [-0.3, -0.25) is 9.89 Å². The number of hydrogen-bond acceptors (Lipinski definition) is 3. The number of likely N-dealkylation sites (tertiary alicyclic amines) is 2. The Labute approximate surface area is 142 Å². The average molecular weight is 324 g/mol. The summed E-state index contributed by atoms with van der Waals surface area (Å²) < 4.78 is 0. The van der Waals surface area contributed by atoms with Crippen LogP contribution in [0.1, 0.15) is 46.5 Å². The number of likely N-dealkylation sites (N-methyl/N-ethyl adjacent to an activating group) is 1. The van der Waals surface area contributed by atoms with Gasteiger partial charge in [-0.05, 0) is 65.1 Å². The molecule has 23 heavy (non-hydrogen) atoms. The van der Waals surface area contributed by atoms with Gasteiger partial charge in [0.1, 0.15) is 0 Å². The summed E-state index contributed by atoms with van der Waals surface area (Å²) in [6, 6.07) is 1.34. The number of piperidine rings is 1. The van der Waals surface area contributed by atoms with Crippen LogP contribution in [0.5, 0.6) is 0 Å². The largest absolute Gasteiger partial charge is 0.356 e. The lowest BCUT2D eigenvalue weighted by Crippen LogP contribution is -2.48. The molecule has 2 aliphatic rings. The molecule has 2 rings (SSSR count). The molecule has 2 N–H and O–H groups in total. The first-order valence-electron chi connectivity index (χ1n) is 9.56. The highest BCUT2D eigenvalue weighted by molar-refractivity contribution is 5.79. The summed E-state index contributed by atoms with van der Waals surface area (Å²) in [5, 5.41) is 7.08. The van der Waals surface area contributed by atoms with Crippen molar-refractivity contribution in [2.45, 2.75) is 58.5 Å². The van der Waals surface area contributed by atoms with Gasteiger partial charge in [0.15, 0.2) is 5.96 Å². The lowest BCUT2D eigenvalue weighted by Gasteiger charge is -2.35. The van der Waals surface area contributed by atoms with E-state index in [1.165, 1.54) is 45.3 Å². The Morgan fingerprint density at radius 3 is 2.57 bits per heavy atom. The summed E-state index contributed by atoms with van der Waals surface area (Å²) in [5.74, 6) is 1.71. The zero-order chi connectivity index (χ0) is 16.7. The van der Waals surface area contributed by atoms with Crippen LogP contribution in [-0.2, 0) is 0 Å². The standard InChI is InChI=1S/C18H37N5/c1-5-22-10-7-9-17(22)13-21-18(19-4)20-12-16-8-6-11-23(14-16)15(2)3/h15-17H,5-14H2,1-4H3,(H2,19,20,21). The predicted octanol–water partition coefficient (Wildman–Crippen LogP) is 1.76. The molecule has 0 aromatic rings. The van der Waals surface area contributed by atoms with Gasteiger partial charge in [-0.2, -0.15) is 0 Å². The highest BCUT2D eigenvalue weighted by atomic mass is 15.2. The van der Waals surface area contributed by atoms with E-state index < -0.39 is 0 Å². The number of nitrogens with one attached hydrogen (secondary N) is 2. The topological polar surface area (TPSA) is 42.9 Å². The summed E-state index contributed by atoms with van der Waals surface area (Å²) >= 11 is 0. The number of nitrogens with zero attached hydrogens (tertiary/aromatic N) is 3. The van der Waals surface area contributed by atoms with Gasteiger partial charge < -0.3 is 15.5 Å². The molecule has 0 aromatic heterocycles.